The minimum Gasteiger partial charge on any atom is -0.481 e. The van der Waals surface area contributed by atoms with E-state index in [0.717, 1.165) is 45.1 Å². The maximum atomic E-state index is 10.4. The molecule has 1 N–H and O–H groups in total. The first-order chi connectivity index (χ1) is 7.58. The Morgan fingerprint density at radius 2 is 1.75 bits per heavy atom. The lowest BCUT2D eigenvalue weighted by Gasteiger charge is -2.35. The van der Waals surface area contributed by atoms with Gasteiger partial charge in [-0.25, -0.2) is 0 Å². The number of hydrogen-bond acceptors (Lipinski definition) is 3. The Hall–Kier alpha value is -0.610. The smallest absolute Gasteiger partial charge is 0.303 e. The van der Waals surface area contributed by atoms with Gasteiger partial charge >= 0.3 is 5.97 Å². The van der Waals surface area contributed by atoms with Crippen LogP contribution >= 0.6 is 0 Å². The van der Waals surface area contributed by atoms with Crippen LogP contribution in [0.25, 0.3) is 0 Å². The summed E-state index contributed by atoms with van der Waals surface area (Å²) < 4.78 is 0. The van der Waals surface area contributed by atoms with Gasteiger partial charge in [0.1, 0.15) is 0 Å². The molecule has 0 saturated carbocycles. The first-order valence-electron chi connectivity index (χ1n) is 6.24. The van der Waals surface area contributed by atoms with Gasteiger partial charge in [-0.2, -0.15) is 0 Å². The van der Waals surface area contributed by atoms with Gasteiger partial charge in [-0.15, -0.1) is 0 Å². The fourth-order valence-electron chi connectivity index (χ4n) is 2.17. The molecule has 0 aromatic rings. The van der Waals surface area contributed by atoms with Gasteiger partial charge in [0.25, 0.3) is 0 Å². The van der Waals surface area contributed by atoms with Crippen LogP contribution in [-0.4, -0.2) is 60.1 Å². The molecule has 0 amide bonds. The van der Waals surface area contributed by atoms with Crippen molar-refractivity contribution in [1.82, 2.24) is 9.80 Å². The summed E-state index contributed by atoms with van der Waals surface area (Å²) in [6.07, 6.45) is 1.08. The number of hydrogen-bond donors (Lipinski definition) is 1. The fraction of sp³-hybridized carbons (Fsp3) is 0.917. The van der Waals surface area contributed by atoms with Crippen molar-refractivity contribution in [3.63, 3.8) is 0 Å². The second-order valence-electron chi connectivity index (χ2n) is 5.03. The number of carboxylic acid groups (broad SMARTS) is 1. The largest absolute Gasteiger partial charge is 0.481 e. The summed E-state index contributed by atoms with van der Waals surface area (Å²) in [5.74, 6) is 0.0528. The van der Waals surface area contributed by atoms with Gasteiger partial charge in [-0.1, -0.05) is 13.8 Å². The van der Waals surface area contributed by atoms with E-state index in [9.17, 15) is 4.79 Å². The minimum atomic E-state index is -0.682. The average molecular weight is 228 g/mol. The molecule has 4 heteroatoms. The van der Waals surface area contributed by atoms with E-state index in [1.807, 2.05) is 0 Å². The molecule has 1 saturated heterocycles. The highest BCUT2D eigenvalue weighted by atomic mass is 16.4. The molecule has 0 spiro atoms. The zero-order valence-corrected chi connectivity index (χ0v) is 10.5. The second-order valence-corrected chi connectivity index (χ2v) is 5.03. The number of nitrogens with zero attached hydrogens (tertiary/aromatic N) is 2. The van der Waals surface area contributed by atoms with Gasteiger partial charge in [0.05, 0.1) is 0 Å². The molecule has 1 rings (SSSR count). The van der Waals surface area contributed by atoms with Crippen LogP contribution in [0.5, 0.6) is 0 Å². The van der Waals surface area contributed by atoms with Gasteiger partial charge in [0, 0.05) is 39.1 Å². The molecule has 0 atom stereocenters. The van der Waals surface area contributed by atoms with Crippen LogP contribution in [0.3, 0.4) is 0 Å². The van der Waals surface area contributed by atoms with Crippen molar-refractivity contribution < 1.29 is 9.90 Å². The van der Waals surface area contributed by atoms with Crippen LogP contribution < -0.4 is 0 Å². The number of carbonyl (C=O) groups is 1. The lowest BCUT2D eigenvalue weighted by molar-refractivity contribution is -0.137. The third-order valence-electron chi connectivity index (χ3n) is 2.95. The van der Waals surface area contributed by atoms with Crippen molar-refractivity contribution in [2.45, 2.75) is 26.7 Å². The van der Waals surface area contributed by atoms with Crippen molar-refractivity contribution in [3.05, 3.63) is 0 Å². The molecule has 1 aliphatic heterocycles. The fourth-order valence-corrected chi connectivity index (χ4v) is 2.17. The van der Waals surface area contributed by atoms with Gasteiger partial charge in [0.2, 0.25) is 0 Å². The Morgan fingerprint density at radius 3 is 2.25 bits per heavy atom. The normalized spacial score (nSPS) is 19.2. The first kappa shape index (κ1) is 13.5. The predicted octanol–water partition coefficient (Wildman–Crippen LogP) is 1.12. The first-order valence-corrected chi connectivity index (χ1v) is 6.24. The van der Waals surface area contributed by atoms with Crippen molar-refractivity contribution in [3.8, 4) is 0 Å². The molecular weight excluding hydrogens is 204 g/mol. The van der Waals surface area contributed by atoms with E-state index in [4.69, 9.17) is 5.11 Å². The SMILES string of the molecule is CC(C)CN1CCN(CCCC(=O)O)CC1. The lowest BCUT2D eigenvalue weighted by atomic mass is 10.2. The maximum absolute atomic E-state index is 10.4. The minimum absolute atomic E-state index is 0.298. The molecule has 0 unspecified atom stereocenters. The summed E-state index contributed by atoms with van der Waals surface area (Å²) in [5.41, 5.74) is 0. The van der Waals surface area contributed by atoms with Gasteiger partial charge < -0.3 is 14.9 Å². The quantitative estimate of drug-likeness (QED) is 0.740. The van der Waals surface area contributed by atoms with Crippen LogP contribution in [-0.2, 0) is 4.79 Å². The van der Waals surface area contributed by atoms with E-state index in [1.54, 1.807) is 0 Å². The second kappa shape index (κ2) is 6.86. The van der Waals surface area contributed by atoms with E-state index < -0.39 is 5.97 Å². The summed E-state index contributed by atoms with van der Waals surface area (Å²) >= 11 is 0. The number of piperazine rings is 1. The zero-order chi connectivity index (χ0) is 12.0. The highest BCUT2D eigenvalue weighted by Gasteiger charge is 2.16. The van der Waals surface area contributed by atoms with E-state index in [2.05, 4.69) is 23.6 Å². The summed E-state index contributed by atoms with van der Waals surface area (Å²) in [4.78, 5) is 15.3. The summed E-state index contributed by atoms with van der Waals surface area (Å²) in [5, 5.41) is 8.56. The molecular formula is C12H24N2O2. The van der Waals surface area contributed by atoms with Crippen molar-refractivity contribution in [1.29, 1.82) is 0 Å². The molecule has 16 heavy (non-hydrogen) atoms. The molecule has 1 fully saturated rings. The van der Waals surface area contributed by atoms with E-state index in [-0.39, 0.29) is 0 Å². The van der Waals surface area contributed by atoms with Crippen molar-refractivity contribution in [2.24, 2.45) is 5.92 Å². The maximum Gasteiger partial charge on any atom is 0.303 e. The van der Waals surface area contributed by atoms with E-state index in [0.29, 0.717) is 6.42 Å². The molecule has 1 heterocycles. The monoisotopic (exact) mass is 228 g/mol. The molecule has 0 aliphatic carbocycles. The Morgan fingerprint density at radius 1 is 1.19 bits per heavy atom. The van der Waals surface area contributed by atoms with Crippen LogP contribution in [0.15, 0.2) is 0 Å². The predicted molar refractivity (Wildman–Crippen MR) is 64.6 cm³/mol. The van der Waals surface area contributed by atoms with E-state index >= 15 is 0 Å². The highest BCUT2D eigenvalue weighted by Crippen LogP contribution is 2.06. The van der Waals surface area contributed by atoms with E-state index in [1.165, 1.54) is 6.54 Å². The highest BCUT2D eigenvalue weighted by molar-refractivity contribution is 5.66. The third-order valence-corrected chi connectivity index (χ3v) is 2.95. The molecule has 0 radical (unpaired) electrons. The Balaban J connectivity index is 2.09. The number of aliphatic carboxylic acids is 1. The van der Waals surface area contributed by atoms with Crippen LogP contribution in [0.2, 0.25) is 0 Å². The number of carboxylic acids is 1. The average Bonchev–Trinajstić information content (AvgIpc) is 2.19. The molecule has 1 aliphatic rings. The van der Waals surface area contributed by atoms with Gasteiger partial charge in [-0.05, 0) is 18.9 Å². The van der Waals surface area contributed by atoms with Gasteiger partial charge in [0.15, 0.2) is 0 Å². The Kier molecular flexibility index (Phi) is 5.77. The summed E-state index contributed by atoms with van der Waals surface area (Å²) in [6, 6.07) is 0. The standard InChI is InChI=1S/C12H24N2O2/c1-11(2)10-14-8-6-13(7-9-14)5-3-4-12(15)16/h11H,3-10H2,1-2H3,(H,15,16). The third kappa shape index (κ3) is 5.47. The lowest BCUT2D eigenvalue weighted by Crippen LogP contribution is -2.47. The molecule has 0 bridgehead atoms. The Bertz CT molecular complexity index is 211. The zero-order valence-electron chi connectivity index (χ0n) is 10.5. The molecule has 0 aromatic heterocycles. The molecule has 4 nitrogen and oxygen atoms in total. The molecule has 0 aromatic carbocycles. The van der Waals surface area contributed by atoms with Crippen LogP contribution in [0.4, 0.5) is 0 Å². The van der Waals surface area contributed by atoms with Crippen LogP contribution in [0, 0.1) is 5.92 Å². The topological polar surface area (TPSA) is 43.8 Å². The summed E-state index contributed by atoms with van der Waals surface area (Å²) in [6.45, 7) is 11.1. The van der Waals surface area contributed by atoms with Gasteiger partial charge in [-0.3, -0.25) is 4.79 Å². The molecule has 94 valence electrons. The number of rotatable bonds is 6. The van der Waals surface area contributed by atoms with Crippen molar-refractivity contribution in [2.75, 3.05) is 39.3 Å². The van der Waals surface area contributed by atoms with Crippen molar-refractivity contribution >= 4 is 5.97 Å². The van der Waals surface area contributed by atoms with Crippen LogP contribution in [0.1, 0.15) is 26.7 Å². The Labute approximate surface area is 98.2 Å². The summed E-state index contributed by atoms with van der Waals surface area (Å²) in [7, 11) is 0.